The molecule has 2 heterocycles. The summed E-state index contributed by atoms with van der Waals surface area (Å²) in [6.07, 6.45) is 0. The number of hydrogen-bond donors (Lipinski definition) is 2. The summed E-state index contributed by atoms with van der Waals surface area (Å²) in [6.45, 7) is 0.0935. The van der Waals surface area contributed by atoms with E-state index in [2.05, 4.69) is 20.4 Å². The summed E-state index contributed by atoms with van der Waals surface area (Å²) in [5.74, 6) is 0.362. The van der Waals surface area contributed by atoms with Gasteiger partial charge in [-0.1, -0.05) is 41.6 Å². The van der Waals surface area contributed by atoms with Crippen LogP contribution < -0.4 is 10.9 Å². The molecule has 0 aliphatic heterocycles. The van der Waals surface area contributed by atoms with Gasteiger partial charge in [0.15, 0.2) is 5.82 Å². The molecule has 2 N–H and O–H groups in total. The molecule has 2 aromatic carbocycles. The molecule has 0 radical (unpaired) electrons. The highest BCUT2D eigenvalue weighted by Gasteiger charge is 2.13. The molecule has 128 valence electrons. The molecule has 7 nitrogen and oxygen atoms in total. The van der Waals surface area contributed by atoms with Gasteiger partial charge in [0.1, 0.15) is 0 Å². The fourth-order valence-electron chi connectivity index (χ4n) is 2.67. The highest BCUT2D eigenvalue weighted by Crippen LogP contribution is 2.17. The molecule has 0 saturated heterocycles. The number of nitrogens with one attached hydrogen (secondary N) is 2. The molecule has 0 aliphatic rings. The molecular formula is C19H14N4O3. The Morgan fingerprint density at radius 3 is 2.69 bits per heavy atom. The van der Waals surface area contributed by atoms with Crippen LogP contribution in [0.2, 0.25) is 0 Å². The molecule has 2 aromatic heterocycles. The Morgan fingerprint density at radius 1 is 1.08 bits per heavy atom. The van der Waals surface area contributed by atoms with Gasteiger partial charge in [0.2, 0.25) is 5.56 Å². The lowest BCUT2D eigenvalue weighted by atomic mass is 10.1. The van der Waals surface area contributed by atoms with Crippen molar-refractivity contribution in [3.05, 3.63) is 82.4 Å². The number of rotatable bonds is 4. The number of fused-ring (bicyclic) bond motifs is 1. The molecule has 0 saturated carbocycles. The van der Waals surface area contributed by atoms with E-state index in [1.165, 1.54) is 6.07 Å². The van der Waals surface area contributed by atoms with Crippen molar-refractivity contribution in [2.24, 2.45) is 0 Å². The van der Waals surface area contributed by atoms with E-state index in [4.69, 9.17) is 4.52 Å². The fourth-order valence-corrected chi connectivity index (χ4v) is 2.67. The average Bonchev–Trinajstić information content (AvgIpc) is 3.15. The quantitative estimate of drug-likeness (QED) is 0.591. The Bertz CT molecular complexity index is 1130. The first-order chi connectivity index (χ1) is 12.7. The zero-order chi connectivity index (χ0) is 17.9. The van der Waals surface area contributed by atoms with E-state index in [0.29, 0.717) is 28.2 Å². The van der Waals surface area contributed by atoms with Crippen LogP contribution in [0, 0.1) is 0 Å². The van der Waals surface area contributed by atoms with Gasteiger partial charge in [-0.3, -0.25) is 9.59 Å². The zero-order valence-electron chi connectivity index (χ0n) is 13.6. The van der Waals surface area contributed by atoms with Crippen molar-refractivity contribution >= 4 is 16.8 Å². The molecule has 1 amide bonds. The third-order valence-electron chi connectivity index (χ3n) is 3.89. The highest BCUT2D eigenvalue weighted by atomic mass is 16.5. The van der Waals surface area contributed by atoms with E-state index in [1.54, 1.807) is 18.2 Å². The number of aromatic amines is 1. The minimum absolute atomic E-state index is 0.0935. The Balaban J connectivity index is 1.53. The molecule has 0 fully saturated rings. The van der Waals surface area contributed by atoms with Crippen molar-refractivity contribution in [3.63, 3.8) is 0 Å². The lowest BCUT2D eigenvalue weighted by Gasteiger charge is -2.06. The molecule has 7 heteroatoms. The first-order valence-electron chi connectivity index (χ1n) is 7.99. The van der Waals surface area contributed by atoms with E-state index in [9.17, 15) is 9.59 Å². The number of pyridine rings is 1. The predicted molar refractivity (Wildman–Crippen MR) is 95.5 cm³/mol. The molecule has 0 spiro atoms. The van der Waals surface area contributed by atoms with Gasteiger partial charge in [-0.2, -0.15) is 4.98 Å². The zero-order valence-corrected chi connectivity index (χ0v) is 13.6. The maximum absolute atomic E-state index is 12.5. The Hall–Kier alpha value is -3.74. The minimum atomic E-state index is -0.377. The number of carbonyl (C=O) groups is 1. The normalized spacial score (nSPS) is 10.8. The Morgan fingerprint density at radius 2 is 1.85 bits per heavy atom. The van der Waals surface area contributed by atoms with Crippen molar-refractivity contribution in [2.45, 2.75) is 6.54 Å². The number of nitrogens with zero attached hydrogens (tertiary/aromatic N) is 2. The van der Waals surface area contributed by atoms with Gasteiger partial charge in [-0.25, -0.2) is 0 Å². The SMILES string of the molecule is O=C(NCc1noc(-c2ccccc2)n1)c1cc(=O)[nH]c2ccccc12. The van der Waals surface area contributed by atoms with Gasteiger partial charge in [0, 0.05) is 22.5 Å². The van der Waals surface area contributed by atoms with E-state index in [0.717, 1.165) is 5.56 Å². The largest absolute Gasteiger partial charge is 0.345 e. The fraction of sp³-hybridized carbons (Fsp3) is 0.0526. The van der Waals surface area contributed by atoms with Gasteiger partial charge < -0.3 is 14.8 Å². The molecule has 0 atom stereocenters. The smallest absolute Gasteiger partial charge is 0.257 e. The van der Waals surface area contributed by atoms with Gasteiger partial charge in [-0.15, -0.1) is 0 Å². The van der Waals surface area contributed by atoms with E-state index >= 15 is 0 Å². The maximum atomic E-state index is 12.5. The van der Waals surface area contributed by atoms with Crippen LogP contribution in [0.15, 0.2) is 70.0 Å². The second-order valence-electron chi connectivity index (χ2n) is 5.66. The molecule has 0 aliphatic carbocycles. The number of hydrogen-bond acceptors (Lipinski definition) is 5. The first-order valence-corrected chi connectivity index (χ1v) is 7.99. The van der Waals surface area contributed by atoms with Crippen LogP contribution in [-0.2, 0) is 6.54 Å². The van der Waals surface area contributed by atoms with Crippen molar-refractivity contribution in [3.8, 4) is 11.5 Å². The van der Waals surface area contributed by atoms with Crippen LogP contribution in [-0.4, -0.2) is 21.0 Å². The van der Waals surface area contributed by atoms with Crippen molar-refractivity contribution < 1.29 is 9.32 Å². The number of H-pyrrole nitrogens is 1. The molecule has 0 unspecified atom stereocenters. The summed E-state index contributed by atoms with van der Waals surface area (Å²) in [5.41, 5.74) is 1.38. The first kappa shape index (κ1) is 15.8. The van der Waals surface area contributed by atoms with Crippen LogP contribution in [0.1, 0.15) is 16.2 Å². The number of amides is 1. The predicted octanol–water partition coefficient (Wildman–Crippen LogP) is 2.51. The summed E-state index contributed by atoms with van der Waals surface area (Å²) in [5, 5.41) is 7.26. The third kappa shape index (κ3) is 3.10. The lowest BCUT2D eigenvalue weighted by Crippen LogP contribution is -2.25. The summed E-state index contributed by atoms with van der Waals surface area (Å²) >= 11 is 0. The summed E-state index contributed by atoms with van der Waals surface area (Å²) < 4.78 is 5.21. The molecular weight excluding hydrogens is 332 g/mol. The monoisotopic (exact) mass is 346 g/mol. The topological polar surface area (TPSA) is 101 Å². The number of para-hydroxylation sites is 1. The van der Waals surface area contributed by atoms with Gasteiger partial charge in [0.05, 0.1) is 12.1 Å². The molecule has 26 heavy (non-hydrogen) atoms. The third-order valence-corrected chi connectivity index (χ3v) is 3.89. The standard InChI is InChI=1S/C19H14N4O3/c24-17-10-14(13-8-4-5-9-15(13)21-17)18(25)20-11-16-22-19(26-23-16)12-6-2-1-3-7-12/h1-10H,11H2,(H,20,25)(H,21,24). The van der Waals surface area contributed by atoms with E-state index in [-0.39, 0.29) is 18.0 Å². The van der Waals surface area contributed by atoms with E-state index in [1.807, 2.05) is 36.4 Å². The second-order valence-corrected chi connectivity index (χ2v) is 5.66. The van der Waals surface area contributed by atoms with Gasteiger partial charge >= 0.3 is 0 Å². The summed E-state index contributed by atoms with van der Waals surface area (Å²) in [7, 11) is 0. The Labute approximate surface area is 147 Å². The highest BCUT2D eigenvalue weighted by molar-refractivity contribution is 6.05. The van der Waals surface area contributed by atoms with Gasteiger partial charge in [0.25, 0.3) is 11.8 Å². The van der Waals surface area contributed by atoms with Crippen molar-refractivity contribution in [1.82, 2.24) is 20.4 Å². The van der Waals surface area contributed by atoms with Crippen molar-refractivity contribution in [2.75, 3.05) is 0 Å². The lowest BCUT2D eigenvalue weighted by molar-refractivity contribution is 0.0951. The number of aromatic nitrogens is 3. The molecule has 4 aromatic rings. The van der Waals surface area contributed by atoms with Crippen LogP contribution in [0.4, 0.5) is 0 Å². The van der Waals surface area contributed by atoms with Crippen LogP contribution in [0.5, 0.6) is 0 Å². The average molecular weight is 346 g/mol. The summed E-state index contributed by atoms with van der Waals surface area (Å²) in [6, 6.07) is 17.8. The van der Waals surface area contributed by atoms with E-state index < -0.39 is 0 Å². The van der Waals surface area contributed by atoms with Crippen LogP contribution in [0.3, 0.4) is 0 Å². The minimum Gasteiger partial charge on any atom is -0.345 e. The maximum Gasteiger partial charge on any atom is 0.257 e. The van der Waals surface area contributed by atoms with Crippen LogP contribution >= 0.6 is 0 Å². The molecule has 4 rings (SSSR count). The summed E-state index contributed by atoms with van der Waals surface area (Å²) in [4.78, 5) is 31.2. The van der Waals surface area contributed by atoms with Crippen molar-refractivity contribution in [1.29, 1.82) is 0 Å². The molecule has 0 bridgehead atoms. The second kappa shape index (κ2) is 6.64. The van der Waals surface area contributed by atoms with Crippen LogP contribution in [0.25, 0.3) is 22.4 Å². The Kier molecular flexibility index (Phi) is 4.03. The number of carbonyl (C=O) groups excluding carboxylic acids is 1. The number of benzene rings is 2. The van der Waals surface area contributed by atoms with Gasteiger partial charge in [-0.05, 0) is 18.2 Å².